The Labute approximate surface area is 118 Å². The summed E-state index contributed by atoms with van der Waals surface area (Å²) in [4.78, 5) is 12.0. The van der Waals surface area contributed by atoms with Crippen LogP contribution in [0.15, 0.2) is 48.5 Å². The minimum atomic E-state index is -0.282. The van der Waals surface area contributed by atoms with E-state index in [1.54, 1.807) is 19.2 Å². The lowest BCUT2D eigenvalue weighted by Gasteiger charge is -2.12. The Morgan fingerprint density at radius 1 is 1.00 bits per heavy atom. The highest BCUT2D eigenvalue weighted by Crippen LogP contribution is 2.23. The van der Waals surface area contributed by atoms with Gasteiger partial charge >= 0.3 is 6.03 Å². The summed E-state index contributed by atoms with van der Waals surface area (Å²) < 4.78 is 5.20. The van der Waals surface area contributed by atoms with Crippen LogP contribution in [-0.2, 0) is 6.42 Å². The number of carbonyl (C=O) groups excluding carboxylic acids is 1. The SMILES string of the molecule is CCc1ccccc1NC(=O)Nc1ccccc1OC. The number of para-hydroxylation sites is 3. The van der Waals surface area contributed by atoms with Crippen LogP contribution in [0.5, 0.6) is 5.75 Å². The first kappa shape index (κ1) is 13.9. The molecule has 0 bridgehead atoms. The molecule has 4 heteroatoms. The van der Waals surface area contributed by atoms with Gasteiger partial charge in [-0.1, -0.05) is 37.3 Å². The maximum absolute atomic E-state index is 12.0. The number of rotatable bonds is 4. The lowest BCUT2D eigenvalue weighted by Crippen LogP contribution is -2.20. The number of hydrogen-bond donors (Lipinski definition) is 2. The van der Waals surface area contributed by atoms with Gasteiger partial charge in [0.15, 0.2) is 0 Å². The summed E-state index contributed by atoms with van der Waals surface area (Å²) in [5.41, 5.74) is 2.56. The van der Waals surface area contributed by atoms with Crippen LogP contribution in [0.2, 0.25) is 0 Å². The number of benzene rings is 2. The third kappa shape index (κ3) is 3.29. The molecule has 20 heavy (non-hydrogen) atoms. The van der Waals surface area contributed by atoms with E-state index in [-0.39, 0.29) is 6.03 Å². The first-order valence-electron chi connectivity index (χ1n) is 6.53. The molecular weight excluding hydrogens is 252 g/mol. The Hall–Kier alpha value is -2.49. The molecule has 2 N–H and O–H groups in total. The van der Waals surface area contributed by atoms with E-state index >= 15 is 0 Å². The van der Waals surface area contributed by atoms with Crippen molar-refractivity contribution in [2.45, 2.75) is 13.3 Å². The van der Waals surface area contributed by atoms with Gasteiger partial charge in [-0.25, -0.2) is 4.79 Å². The third-order valence-corrected chi connectivity index (χ3v) is 3.00. The van der Waals surface area contributed by atoms with Gasteiger partial charge in [0.1, 0.15) is 5.75 Å². The van der Waals surface area contributed by atoms with E-state index in [9.17, 15) is 4.79 Å². The highest BCUT2D eigenvalue weighted by molar-refractivity contribution is 6.01. The van der Waals surface area contributed by atoms with Crippen LogP contribution < -0.4 is 15.4 Å². The summed E-state index contributed by atoms with van der Waals surface area (Å²) in [6.45, 7) is 2.05. The van der Waals surface area contributed by atoms with E-state index in [1.165, 1.54) is 0 Å². The van der Waals surface area contributed by atoms with Crippen molar-refractivity contribution in [3.63, 3.8) is 0 Å². The molecule has 0 atom stereocenters. The quantitative estimate of drug-likeness (QED) is 0.885. The summed E-state index contributed by atoms with van der Waals surface area (Å²) in [6.07, 6.45) is 0.866. The van der Waals surface area contributed by atoms with Gasteiger partial charge in [-0.05, 0) is 30.2 Å². The summed E-state index contributed by atoms with van der Waals surface area (Å²) in [7, 11) is 1.57. The van der Waals surface area contributed by atoms with Crippen molar-refractivity contribution in [2.75, 3.05) is 17.7 Å². The summed E-state index contributed by atoms with van der Waals surface area (Å²) in [5.74, 6) is 0.631. The zero-order valence-electron chi connectivity index (χ0n) is 11.6. The fourth-order valence-electron chi connectivity index (χ4n) is 1.97. The number of anilines is 2. The van der Waals surface area contributed by atoms with Gasteiger partial charge in [-0.3, -0.25) is 0 Å². The van der Waals surface area contributed by atoms with E-state index in [1.807, 2.05) is 36.4 Å². The molecule has 0 saturated carbocycles. The monoisotopic (exact) mass is 270 g/mol. The van der Waals surface area contributed by atoms with E-state index in [4.69, 9.17) is 4.74 Å². The molecule has 2 amide bonds. The molecule has 0 unspecified atom stereocenters. The fraction of sp³-hybridized carbons (Fsp3) is 0.188. The number of urea groups is 1. The van der Waals surface area contributed by atoms with Crippen LogP contribution in [0, 0.1) is 0 Å². The maximum Gasteiger partial charge on any atom is 0.323 e. The number of aryl methyl sites for hydroxylation is 1. The Bertz CT molecular complexity index is 545. The van der Waals surface area contributed by atoms with E-state index < -0.39 is 0 Å². The topological polar surface area (TPSA) is 50.4 Å². The average Bonchev–Trinajstić information content (AvgIpc) is 2.48. The molecule has 0 fully saturated rings. The van der Waals surface area contributed by atoms with Gasteiger partial charge in [-0.2, -0.15) is 0 Å². The number of ether oxygens (including phenoxy) is 1. The van der Waals surface area contributed by atoms with Gasteiger partial charge < -0.3 is 15.4 Å². The summed E-state index contributed by atoms with van der Waals surface area (Å²) >= 11 is 0. The summed E-state index contributed by atoms with van der Waals surface area (Å²) in [6, 6.07) is 14.8. The molecule has 2 aromatic carbocycles. The predicted octanol–water partition coefficient (Wildman–Crippen LogP) is 3.90. The van der Waals surface area contributed by atoms with Gasteiger partial charge in [0.25, 0.3) is 0 Å². The molecule has 2 rings (SSSR count). The fourth-order valence-corrected chi connectivity index (χ4v) is 1.97. The normalized spacial score (nSPS) is 9.90. The molecule has 0 aromatic heterocycles. The lowest BCUT2D eigenvalue weighted by atomic mass is 10.1. The molecule has 0 heterocycles. The molecule has 2 aromatic rings. The molecule has 0 spiro atoms. The highest BCUT2D eigenvalue weighted by Gasteiger charge is 2.08. The van der Waals surface area contributed by atoms with E-state index in [2.05, 4.69) is 17.6 Å². The Kier molecular flexibility index (Phi) is 4.60. The minimum Gasteiger partial charge on any atom is -0.495 e. The first-order chi connectivity index (χ1) is 9.74. The molecule has 0 radical (unpaired) electrons. The smallest absolute Gasteiger partial charge is 0.323 e. The third-order valence-electron chi connectivity index (χ3n) is 3.00. The van der Waals surface area contributed by atoms with Crippen LogP contribution in [0.1, 0.15) is 12.5 Å². The van der Waals surface area contributed by atoms with Gasteiger partial charge in [0.2, 0.25) is 0 Å². The molecule has 0 aliphatic rings. The van der Waals surface area contributed by atoms with Crippen molar-refractivity contribution in [1.29, 1.82) is 0 Å². The van der Waals surface area contributed by atoms with E-state index in [0.717, 1.165) is 17.7 Å². The Morgan fingerprint density at radius 3 is 2.30 bits per heavy atom. The van der Waals surface area contributed by atoms with Crippen LogP contribution in [0.4, 0.5) is 16.2 Å². The average molecular weight is 270 g/mol. The van der Waals surface area contributed by atoms with Crippen molar-refractivity contribution in [3.05, 3.63) is 54.1 Å². The lowest BCUT2D eigenvalue weighted by molar-refractivity contribution is 0.262. The maximum atomic E-state index is 12.0. The van der Waals surface area contributed by atoms with Crippen LogP contribution in [0.25, 0.3) is 0 Å². The van der Waals surface area contributed by atoms with Crippen molar-refractivity contribution >= 4 is 17.4 Å². The van der Waals surface area contributed by atoms with Gasteiger partial charge in [0.05, 0.1) is 12.8 Å². The number of carbonyl (C=O) groups is 1. The second-order valence-electron chi connectivity index (χ2n) is 4.29. The van der Waals surface area contributed by atoms with E-state index in [0.29, 0.717) is 11.4 Å². The first-order valence-corrected chi connectivity index (χ1v) is 6.53. The standard InChI is InChI=1S/C16H18N2O2/c1-3-12-8-4-5-9-13(12)17-16(19)18-14-10-6-7-11-15(14)20-2/h4-11H,3H2,1-2H3,(H2,17,18,19). The highest BCUT2D eigenvalue weighted by atomic mass is 16.5. The number of nitrogens with one attached hydrogen (secondary N) is 2. The van der Waals surface area contributed by atoms with Crippen LogP contribution >= 0.6 is 0 Å². The number of amides is 2. The molecule has 0 aliphatic heterocycles. The number of methoxy groups -OCH3 is 1. The molecule has 4 nitrogen and oxygen atoms in total. The zero-order valence-corrected chi connectivity index (χ0v) is 11.6. The minimum absolute atomic E-state index is 0.282. The number of hydrogen-bond acceptors (Lipinski definition) is 2. The van der Waals surface area contributed by atoms with Crippen molar-refractivity contribution < 1.29 is 9.53 Å². The molecular formula is C16H18N2O2. The van der Waals surface area contributed by atoms with Crippen molar-refractivity contribution in [2.24, 2.45) is 0 Å². The molecule has 104 valence electrons. The van der Waals surface area contributed by atoms with Crippen LogP contribution in [0.3, 0.4) is 0 Å². The van der Waals surface area contributed by atoms with Gasteiger partial charge in [0, 0.05) is 5.69 Å². The van der Waals surface area contributed by atoms with Crippen molar-refractivity contribution in [1.82, 2.24) is 0 Å². The molecule has 0 saturated heterocycles. The van der Waals surface area contributed by atoms with Gasteiger partial charge in [-0.15, -0.1) is 0 Å². The second-order valence-corrected chi connectivity index (χ2v) is 4.29. The van der Waals surface area contributed by atoms with Crippen molar-refractivity contribution in [3.8, 4) is 5.75 Å². The second kappa shape index (κ2) is 6.61. The Balaban J connectivity index is 2.09. The Morgan fingerprint density at radius 2 is 1.60 bits per heavy atom. The zero-order chi connectivity index (χ0) is 14.4. The largest absolute Gasteiger partial charge is 0.495 e. The predicted molar refractivity (Wildman–Crippen MR) is 81.5 cm³/mol. The summed E-state index contributed by atoms with van der Waals surface area (Å²) in [5, 5.41) is 5.64. The van der Waals surface area contributed by atoms with Crippen LogP contribution in [-0.4, -0.2) is 13.1 Å². The molecule has 0 aliphatic carbocycles.